The molecule has 2 nitrogen and oxygen atoms in total. The third-order valence-corrected chi connectivity index (χ3v) is 2.47. The van der Waals surface area contributed by atoms with Crippen LogP contribution >= 0.6 is 0 Å². The van der Waals surface area contributed by atoms with Gasteiger partial charge in [0.15, 0.2) is 0 Å². The number of rotatable bonds is 3. The summed E-state index contributed by atoms with van der Waals surface area (Å²) < 4.78 is 30.4. The van der Waals surface area contributed by atoms with Gasteiger partial charge in [-0.3, -0.25) is 0 Å². The van der Waals surface area contributed by atoms with Gasteiger partial charge in [-0.05, 0) is 31.0 Å². The highest BCUT2D eigenvalue weighted by Gasteiger charge is 2.32. The molecule has 0 spiro atoms. The molecule has 0 bridgehead atoms. The molecular weight excluding hydrogens is 200 g/mol. The van der Waals surface area contributed by atoms with Gasteiger partial charge in [-0.1, -0.05) is 12.1 Å². The molecule has 0 saturated heterocycles. The first kappa shape index (κ1) is 11.9. The van der Waals surface area contributed by atoms with Crippen LogP contribution in [-0.4, -0.2) is 13.5 Å². The lowest BCUT2D eigenvalue weighted by atomic mass is 9.92. The Morgan fingerprint density at radius 3 is 2.40 bits per heavy atom. The molecule has 0 aliphatic rings. The van der Waals surface area contributed by atoms with Gasteiger partial charge in [-0.15, -0.1) is 0 Å². The summed E-state index contributed by atoms with van der Waals surface area (Å²) in [5, 5.41) is 0. The van der Waals surface area contributed by atoms with Crippen LogP contribution in [0.3, 0.4) is 0 Å². The summed E-state index contributed by atoms with van der Waals surface area (Å²) in [7, 11) is 1.54. The fourth-order valence-electron chi connectivity index (χ4n) is 1.34. The Balaban J connectivity index is 3.12. The molecule has 1 aromatic rings. The number of alkyl halides is 2. The Labute approximate surface area is 88.0 Å². The maximum Gasteiger partial charge on any atom is 0.260 e. The smallest absolute Gasteiger partial charge is 0.260 e. The van der Waals surface area contributed by atoms with Crippen molar-refractivity contribution in [3.8, 4) is 5.75 Å². The van der Waals surface area contributed by atoms with Crippen LogP contribution in [0, 0.1) is 6.92 Å². The second kappa shape index (κ2) is 4.14. The first-order chi connectivity index (χ1) is 6.89. The van der Waals surface area contributed by atoms with Gasteiger partial charge in [-0.25, -0.2) is 8.78 Å². The summed E-state index contributed by atoms with van der Waals surface area (Å²) in [6.45, 7) is 3.11. The summed E-state index contributed by atoms with van der Waals surface area (Å²) >= 11 is 0. The van der Waals surface area contributed by atoms with E-state index in [0.29, 0.717) is 11.3 Å². The Morgan fingerprint density at radius 2 is 2.00 bits per heavy atom. The summed E-state index contributed by atoms with van der Waals surface area (Å²) in [5.74, 6) is 0.670. The summed E-state index contributed by atoms with van der Waals surface area (Å²) in [6.07, 6.45) is -2.59. The molecular formula is C11H15F2NO. The SMILES string of the molecule is COc1ccc(C(C)(N)C(F)F)cc1C. The summed E-state index contributed by atoms with van der Waals surface area (Å²) in [5.41, 5.74) is 5.15. The van der Waals surface area contributed by atoms with Crippen LogP contribution in [0.1, 0.15) is 18.1 Å². The molecule has 0 aromatic heterocycles. The molecule has 15 heavy (non-hydrogen) atoms. The van der Waals surface area contributed by atoms with E-state index in [9.17, 15) is 8.78 Å². The second-order valence-corrected chi connectivity index (χ2v) is 3.77. The topological polar surface area (TPSA) is 35.2 Å². The fraction of sp³-hybridized carbons (Fsp3) is 0.455. The lowest BCUT2D eigenvalue weighted by molar-refractivity contribution is 0.0624. The first-order valence-electron chi connectivity index (χ1n) is 4.61. The zero-order chi connectivity index (χ0) is 11.6. The molecule has 0 heterocycles. The Morgan fingerprint density at radius 1 is 1.40 bits per heavy atom. The highest BCUT2D eigenvalue weighted by atomic mass is 19.3. The average Bonchev–Trinajstić information content (AvgIpc) is 2.17. The lowest BCUT2D eigenvalue weighted by Gasteiger charge is -2.24. The van der Waals surface area contributed by atoms with Crippen LogP contribution in [0.4, 0.5) is 8.78 Å². The van der Waals surface area contributed by atoms with Crippen LogP contribution in [0.15, 0.2) is 18.2 Å². The number of hydrogen-bond acceptors (Lipinski definition) is 2. The van der Waals surface area contributed by atoms with E-state index in [1.165, 1.54) is 14.0 Å². The van der Waals surface area contributed by atoms with Crippen molar-refractivity contribution < 1.29 is 13.5 Å². The van der Waals surface area contributed by atoms with Crippen molar-refractivity contribution in [1.82, 2.24) is 0 Å². The van der Waals surface area contributed by atoms with Crippen molar-refractivity contribution in [2.45, 2.75) is 25.8 Å². The van der Waals surface area contributed by atoms with E-state index in [1.807, 2.05) is 0 Å². The van der Waals surface area contributed by atoms with Crippen LogP contribution in [0.5, 0.6) is 5.75 Å². The van der Waals surface area contributed by atoms with Crippen molar-refractivity contribution in [1.29, 1.82) is 0 Å². The zero-order valence-electron chi connectivity index (χ0n) is 9.05. The molecule has 0 fully saturated rings. The van der Waals surface area contributed by atoms with Crippen LogP contribution in [0.2, 0.25) is 0 Å². The zero-order valence-corrected chi connectivity index (χ0v) is 9.05. The van der Waals surface area contributed by atoms with Gasteiger partial charge in [0, 0.05) is 0 Å². The van der Waals surface area contributed by atoms with E-state index < -0.39 is 12.0 Å². The van der Waals surface area contributed by atoms with Gasteiger partial charge in [0.05, 0.1) is 12.6 Å². The number of benzene rings is 1. The maximum absolute atomic E-state index is 12.7. The van der Waals surface area contributed by atoms with Crippen LogP contribution < -0.4 is 10.5 Å². The molecule has 4 heteroatoms. The molecule has 1 aromatic carbocycles. The number of aryl methyl sites for hydroxylation is 1. The van der Waals surface area contributed by atoms with Gasteiger partial charge in [0.1, 0.15) is 5.75 Å². The number of nitrogens with two attached hydrogens (primary N) is 1. The Hall–Kier alpha value is -1.16. The second-order valence-electron chi connectivity index (χ2n) is 3.77. The quantitative estimate of drug-likeness (QED) is 0.840. The van der Waals surface area contributed by atoms with E-state index in [4.69, 9.17) is 10.5 Å². The minimum absolute atomic E-state index is 0.413. The van der Waals surface area contributed by atoms with Crippen LogP contribution in [0.25, 0.3) is 0 Å². The van der Waals surface area contributed by atoms with E-state index >= 15 is 0 Å². The number of methoxy groups -OCH3 is 1. The minimum atomic E-state index is -2.59. The molecule has 0 radical (unpaired) electrons. The molecule has 1 unspecified atom stereocenters. The van der Waals surface area contributed by atoms with Crippen molar-refractivity contribution in [2.75, 3.05) is 7.11 Å². The van der Waals surface area contributed by atoms with Gasteiger partial charge >= 0.3 is 0 Å². The highest BCUT2D eigenvalue weighted by molar-refractivity contribution is 5.39. The predicted molar refractivity (Wildman–Crippen MR) is 55.3 cm³/mol. The predicted octanol–water partition coefficient (Wildman–Crippen LogP) is 2.44. The van der Waals surface area contributed by atoms with E-state index in [2.05, 4.69) is 0 Å². The number of hydrogen-bond donors (Lipinski definition) is 1. The summed E-state index contributed by atoms with van der Waals surface area (Å²) in [4.78, 5) is 0. The molecule has 2 N–H and O–H groups in total. The fourth-order valence-corrected chi connectivity index (χ4v) is 1.34. The molecule has 1 rings (SSSR count). The molecule has 1 atom stereocenters. The van der Waals surface area contributed by atoms with Gasteiger partial charge < -0.3 is 10.5 Å². The Bertz CT molecular complexity index is 350. The minimum Gasteiger partial charge on any atom is -0.496 e. The largest absolute Gasteiger partial charge is 0.496 e. The van der Waals surface area contributed by atoms with Crippen molar-refractivity contribution in [3.05, 3.63) is 29.3 Å². The Kier molecular flexibility index (Phi) is 3.29. The number of ether oxygens (including phenoxy) is 1. The molecule has 0 aliphatic heterocycles. The standard InChI is InChI=1S/C11H15F2NO/c1-7-6-8(4-5-9(7)15-3)11(2,14)10(12)13/h4-6,10H,14H2,1-3H3. The van der Waals surface area contributed by atoms with Gasteiger partial charge in [-0.2, -0.15) is 0 Å². The molecule has 0 amide bonds. The van der Waals surface area contributed by atoms with Gasteiger partial charge in [0.2, 0.25) is 0 Å². The maximum atomic E-state index is 12.7. The van der Waals surface area contributed by atoms with E-state index in [-0.39, 0.29) is 0 Å². The molecule has 0 aliphatic carbocycles. The van der Waals surface area contributed by atoms with E-state index in [1.54, 1.807) is 25.1 Å². The number of halogens is 2. The lowest BCUT2D eigenvalue weighted by Crippen LogP contribution is -2.40. The third-order valence-electron chi connectivity index (χ3n) is 2.47. The monoisotopic (exact) mass is 215 g/mol. The molecule has 0 saturated carbocycles. The van der Waals surface area contributed by atoms with Crippen molar-refractivity contribution in [2.24, 2.45) is 5.73 Å². The average molecular weight is 215 g/mol. The normalized spacial score (nSPS) is 15.1. The van der Waals surface area contributed by atoms with Gasteiger partial charge in [0.25, 0.3) is 6.43 Å². The summed E-state index contributed by atoms with van der Waals surface area (Å²) in [6, 6.07) is 4.85. The van der Waals surface area contributed by atoms with Crippen molar-refractivity contribution >= 4 is 0 Å². The van der Waals surface area contributed by atoms with Crippen molar-refractivity contribution in [3.63, 3.8) is 0 Å². The highest BCUT2D eigenvalue weighted by Crippen LogP contribution is 2.28. The van der Waals surface area contributed by atoms with E-state index in [0.717, 1.165) is 5.56 Å². The van der Waals surface area contributed by atoms with Crippen LogP contribution in [-0.2, 0) is 5.54 Å². The first-order valence-corrected chi connectivity index (χ1v) is 4.61. The third kappa shape index (κ3) is 2.26. The molecule has 84 valence electrons.